The van der Waals surface area contributed by atoms with Crippen LogP contribution in [0.25, 0.3) is 0 Å². The van der Waals surface area contributed by atoms with Crippen LogP contribution in [0.1, 0.15) is 32.0 Å². The van der Waals surface area contributed by atoms with Gasteiger partial charge in [0.25, 0.3) is 5.91 Å². The number of carbonyl (C=O) groups is 2. The van der Waals surface area contributed by atoms with Crippen molar-refractivity contribution in [3.8, 4) is 5.75 Å². The van der Waals surface area contributed by atoms with Crippen molar-refractivity contribution in [2.24, 2.45) is 0 Å². The van der Waals surface area contributed by atoms with E-state index in [4.69, 9.17) is 16.3 Å². The van der Waals surface area contributed by atoms with Crippen LogP contribution in [0.15, 0.2) is 60.8 Å². The molecule has 1 amide bonds. The maximum Gasteiger partial charge on any atom is 0.338 e. The third kappa shape index (κ3) is 4.66. The van der Waals surface area contributed by atoms with E-state index in [9.17, 15) is 14.7 Å². The molecular weight excluding hydrogens is 380 g/mol. The van der Waals surface area contributed by atoms with Gasteiger partial charge >= 0.3 is 5.97 Å². The number of carboxylic acids is 1. The number of benzene rings is 2. The van der Waals surface area contributed by atoms with E-state index in [0.29, 0.717) is 23.1 Å². The monoisotopic (exact) mass is 396 g/mol. The average molecular weight is 397 g/mol. The highest BCUT2D eigenvalue weighted by Gasteiger charge is 2.18. The molecule has 0 aliphatic carbocycles. The van der Waals surface area contributed by atoms with E-state index in [1.165, 1.54) is 24.4 Å². The van der Waals surface area contributed by atoms with Gasteiger partial charge in [0.2, 0.25) is 0 Å². The minimum absolute atomic E-state index is 0.175. The Kier molecular flexibility index (Phi) is 5.91. The molecule has 0 aliphatic heterocycles. The second-order valence-electron chi connectivity index (χ2n) is 6.08. The van der Waals surface area contributed by atoms with E-state index in [-0.39, 0.29) is 11.3 Å². The molecule has 3 aromatic rings. The number of carboxylic acid groups (broad SMARTS) is 1. The smallest absolute Gasteiger partial charge is 0.338 e. The highest BCUT2D eigenvalue weighted by molar-refractivity contribution is 6.32. The summed E-state index contributed by atoms with van der Waals surface area (Å²) in [5.41, 5.74) is 2.21. The van der Waals surface area contributed by atoms with Crippen molar-refractivity contribution in [1.29, 1.82) is 0 Å². The van der Waals surface area contributed by atoms with Crippen molar-refractivity contribution >= 4 is 29.2 Å². The molecule has 28 heavy (non-hydrogen) atoms. The van der Waals surface area contributed by atoms with Crippen molar-refractivity contribution < 1.29 is 19.4 Å². The molecule has 0 aliphatic rings. The third-order valence-electron chi connectivity index (χ3n) is 3.92. The number of hydrogen-bond donors (Lipinski definition) is 2. The third-order valence-corrected chi connectivity index (χ3v) is 4.22. The molecule has 0 atom stereocenters. The fourth-order valence-corrected chi connectivity index (χ4v) is 2.84. The first-order chi connectivity index (χ1) is 13.4. The molecule has 0 unspecified atom stereocenters. The number of halogens is 1. The topological polar surface area (TPSA) is 88.5 Å². The lowest BCUT2D eigenvalue weighted by Gasteiger charge is -2.11. The quantitative estimate of drug-likeness (QED) is 0.637. The Morgan fingerprint density at radius 3 is 2.68 bits per heavy atom. The van der Waals surface area contributed by atoms with Gasteiger partial charge in [-0.1, -0.05) is 41.4 Å². The normalized spacial score (nSPS) is 10.4. The summed E-state index contributed by atoms with van der Waals surface area (Å²) in [7, 11) is 0. The van der Waals surface area contributed by atoms with E-state index < -0.39 is 11.9 Å². The van der Waals surface area contributed by atoms with Gasteiger partial charge in [-0.2, -0.15) is 0 Å². The highest BCUT2D eigenvalue weighted by atomic mass is 35.5. The van der Waals surface area contributed by atoms with E-state index in [1.807, 2.05) is 31.2 Å². The molecule has 0 saturated carbocycles. The first-order valence-electron chi connectivity index (χ1n) is 8.41. The van der Waals surface area contributed by atoms with E-state index in [1.54, 1.807) is 12.1 Å². The van der Waals surface area contributed by atoms with Crippen LogP contribution in [0.3, 0.4) is 0 Å². The van der Waals surface area contributed by atoms with Gasteiger partial charge < -0.3 is 15.2 Å². The summed E-state index contributed by atoms with van der Waals surface area (Å²) in [6.45, 7) is 2.37. The maximum absolute atomic E-state index is 12.4. The number of aromatic nitrogens is 1. The highest BCUT2D eigenvalue weighted by Crippen LogP contribution is 2.28. The van der Waals surface area contributed by atoms with Crippen molar-refractivity contribution in [3.63, 3.8) is 0 Å². The second kappa shape index (κ2) is 8.54. The number of rotatable bonds is 6. The van der Waals surface area contributed by atoms with Crippen molar-refractivity contribution in [2.75, 3.05) is 5.32 Å². The summed E-state index contributed by atoms with van der Waals surface area (Å²) in [5, 5.41) is 12.1. The van der Waals surface area contributed by atoms with Crippen LogP contribution in [0.2, 0.25) is 5.02 Å². The summed E-state index contributed by atoms with van der Waals surface area (Å²) < 4.78 is 5.74. The number of nitrogens with zero attached hydrogens (tertiary/aromatic N) is 1. The number of aryl methyl sites for hydroxylation is 1. The van der Waals surface area contributed by atoms with Gasteiger partial charge in [-0.3, -0.25) is 9.78 Å². The van der Waals surface area contributed by atoms with Crippen molar-refractivity contribution in [3.05, 3.63) is 88.2 Å². The Bertz CT molecular complexity index is 1040. The van der Waals surface area contributed by atoms with Gasteiger partial charge in [0.1, 0.15) is 18.1 Å². The Labute approximate surface area is 166 Å². The first kappa shape index (κ1) is 19.4. The fraction of sp³-hybridized carbons (Fsp3) is 0.0952. The van der Waals surface area contributed by atoms with Gasteiger partial charge in [0, 0.05) is 11.9 Å². The molecule has 0 fully saturated rings. The summed E-state index contributed by atoms with van der Waals surface area (Å²) >= 11 is 6.25. The number of ether oxygens (including phenoxy) is 1. The van der Waals surface area contributed by atoms with Crippen LogP contribution in [0, 0.1) is 6.92 Å². The van der Waals surface area contributed by atoms with Crippen LogP contribution in [-0.2, 0) is 6.61 Å². The summed E-state index contributed by atoms with van der Waals surface area (Å²) in [5.74, 6) is -1.39. The Morgan fingerprint density at radius 2 is 1.96 bits per heavy atom. The zero-order valence-corrected chi connectivity index (χ0v) is 15.7. The lowest BCUT2D eigenvalue weighted by molar-refractivity contribution is 0.0691. The molecule has 1 aromatic heterocycles. The van der Waals surface area contributed by atoms with Crippen LogP contribution >= 0.6 is 11.6 Å². The van der Waals surface area contributed by atoms with E-state index >= 15 is 0 Å². The van der Waals surface area contributed by atoms with Gasteiger partial charge in [-0.15, -0.1) is 0 Å². The molecule has 0 spiro atoms. The maximum atomic E-state index is 12.4. The second-order valence-corrected chi connectivity index (χ2v) is 6.49. The van der Waals surface area contributed by atoms with Gasteiger partial charge in [-0.05, 0) is 42.8 Å². The SMILES string of the molecule is Cc1cccc(COc2ccc(NC(=O)c3ncccc3C(=O)O)cc2Cl)c1. The van der Waals surface area contributed by atoms with Crippen molar-refractivity contribution in [1.82, 2.24) is 4.98 Å². The zero-order chi connectivity index (χ0) is 20.1. The number of hydrogen-bond acceptors (Lipinski definition) is 4. The number of carbonyl (C=O) groups excluding carboxylic acids is 1. The molecule has 3 rings (SSSR count). The molecule has 2 aromatic carbocycles. The summed E-state index contributed by atoms with van der Waals surface area (Å²) in [4.78, 5) is 27.5. The summed E-state index contributed by atoms with van der Waals surface area (Å²) in [6.07, 6.45) is 1.36. The van der Waals surface area contributed by atoms with Crippen LogP contribution in [0.5, 0.6) is 5.75 Å². The molecule has 0 saturated heterocycles. The molecule has 1 heterocycles. The number of aromatic carboxylic acids is 1. The van der Waals surface area contributed by atoms with Gasteiger partial charge in [0.05, 0.1) is 10.6 Å². The molecule has 7 heteroatoms. The molecule has 0 radical (unpaired) electrons. The minimum atomic E-state index is -1.23. The Balaban J connectivity index is 1.70. The molecule has 2 N–H and O–H groups in total. The van der Waals surface area contributed by atoms with Crippen molar-refractivity contribution in [2.45, 2.75) is 13.5 Å². The molecular formula is C21H17ClN2O4. The zero-order valence-electron chi connectivity index (χ0n) is 15.0. The van der Waals surface area contributed by atoms with Gasteiger partial charge in [-0.25, -0.2) is 4.79 Å². The van der Waals surface area contributed by atoms with Crippen LogP contribution in [-0.4, -0.2) is 22.0 Å². The number of amides is 1. The average Bonchev–Trinajstić information content (AvgIpc) is 2.67. The first-order valence-corrected chi connectivity index (χ1v) is 8.79. The predicted molar refractivity (Wildman–Crippen MR) is 106 cm³/mol. The molecule has 0 bridgehead atoms. The Hall–Kier alpha value is -3.38. The van der Waals surface area contributed by atoms with Crippen LogP contribution in [0.4, 0.5) is 5.69 Å². The lowest BCUT2D eigenvalue weighted by Crippen LogP contribution is -2.18. The standard InChI is InChI=1S/C21H17ClN2O4/c1-13-4-2-5-14(10-13)12-28-18-8-7-15(11-17(18)22)24-20(25)19-16(21(26)27)6-3-9-23-19/h2-11H,12H2,1H3,(H,24,25)(H,26,27). The largest absolute Gasteiger partial charge is 0.487 e. The molecule has 142 valence electrons. The number of pyridine rings is 1. The summed E-state index contributed by atoms with van der Waals surface area (Å²) in [6, 6.07) is 15.5. The molecule has 6 nitrogen and oxygen atoms in total. The van der Waals surface area contributed by atoms with E-state index in [2.05, 4.69) is 10.3 Å². The van der Waals surface area contributed by atoms with E-state index in [0.717, 1.165) is 11.1 Å². The Morgan fingerprint density at radius 1 is 1.14 bits per heavy atom. The number of anilines is 1. The predicted octanol–water partition coefficient (Wildman–Crippen LogP) is 4.57. The number of nitrogens with one attached hydrogen (secondary N) is 1. The van der Waals surface area contributed by atoms with Gasteiger partial charge in [0.15, 0.2) is 0 Å². The minimum Gasteiger partial charge on any atom is -0.487 e. The fourth-order valence-electron chi connectivity index (χ4n) is 2.61. The lowest BCUT2D eigenvalue weighted by atomic mass is 10.1. The van der Waals surface area contributed by atoms with Crippen LogP contribution < -0.4 is 10.1 Å².